The summed E-state index contributed by atoms with van der Waals surface area (Å²) in [5.74, 6) is 1.11. The third kappa shape index (κ3) is 2.30. The standard InChI is InChI=1S/C17H23NO/c1-4-10-18-16(17(3)8-9-17)14-11-13-7-5-6-12(2)15(13)19-14/h5-7,11,16,18H,4,8-10H2,1-3H3. The predicted octanol–water partition coefficient (Wildman–Crippen LogP) is 4.58. The van der Waals surface area contributed by atoms with E-state index in [0.717, 1.165) is 24.3 Å². The van der Waals surface area contributed by atoms with Gasteiger partial charge in [-0.2, -0.15) is 0 Å². The lowest BCUT2D eigenvalue weighted by Gasteiger charge is -2.22. The maximum Gasteiger partial charge on any atom is 0.137 e. The van der Waals surface area contributed by atoms with Crippen molar-refractivity contribution in [2.45, 2.75) is 46.1 Å². The van der Waals surface area contributed by atoms with Crippen LogP contribution in [0.1, 0.15) is 50.5 Å². The Morgan fingerprint density at radius 2 is 2.16 bits per heavy atom. The topological polar surface area (TPSA) is 25.2 Å². The molecule has 0 aliphatic heterocycles. The lowest BCUT2D eigenvalue weighted by molar-refractivity contribution is 0.316. The Balaban J connectivity index is 1.98. The lowest BCUT2D eigenvalue weighted by Crippen LogP contribution is -2.28. The summed E-state index contributed by atoms with van der Waals surface area (Å²) in [6, 6.07) is 8.94. The van der Waals surface area contributed by atoms with E-state index in [2.05, 4.69) is 50.4 Å². The number of para-hydroxylation sites is 1. The summed E-state index contributed by atoms with van der Waals surface area (Å²) in [6.45, 7) is 7.74. The Kier molecular flexibility index (Phi) is 3.14. The summed E-state index contributed by atoms with van der Waals surface area (Å²) in [6.07, 6.45) is 3.75. The summed E-state index contributed by atoms with van der Waals surface area (Å²) < 4.78 is 6.16. The van der Waals surface area contributed by atoms with Gasteiger partial charge in [-0.25, -0.2) is 0 Å². The van der Waals surface area contributed by atoms with Gasteiger partial charge >= 0.3 is 0 Å². The van der Waals surface area contributed by atoms with Crippen LogP contribution in [0.2, 0.25) is 0 Å². The van der Waals surface area contributed by atoms with Gasteiger partial charge in [0, 0.05) is 5.39 Å². The first-order valence-corrected chi connectivity index (χ1v) is 7.36. The molecule has 0 bridgehead atoms. The van der Waals surface area contributed by atoms with Crippen LogP contribution in [0.15, 0.2) is 28.7 Å². The second-order valence-electron chi connectivity index (χ2n) is 6.18. The number of hydrogen-bond donors (Lipinski definition) is 1. The molecule has 0 saturated heterocycles. The highest BCUT2D eigenvalue weighted by Crippen LogP contribution is 2.55. The summed E-state index contributed by atoms with van der Waals surface area (Å²) >= 11 is 0. The van der Waals surface area contributed by atoms with E-state index in [1.807, 2.05) is 0 Å². The molecule has 102 valence electrons. The van der Waals surface area contributed by atoms with Gasteiger partial charge in [-0.15, -0.1) is 0 Å². The molecular weight excluding hydrogens is 234 g/mol. The molecule has 3 rings (SSSR count). The molecule has 1 aromatic heterocycles. The number of nitrogens with one attached hydrogen (secondary N) is 1. The molecular formula is C17H23NO. The van der Waals surface area contributed by atoms with Crippen LogP contribution in [0.5, 0.6) is 0 Å². The van der Waals surface area contributed by atoms with E-state index >= 15 is 0 Å². The number of furan rings is 1. The molecule has 19 heavy (non-hydrogen) atoms. The van der Waals surface area contributed by atoms with Crippen LogP contribution < -0.4 is 5.32 Å². The van der Waals surface area contributed by atoms with Crippen molar-refractivity contribution in [2.75, 3.05) is 6.54 Å². The van der Waals surface area contributed by atoms with Crippen molar-refractivity contribution < 1.29 is 4.42 Å². The van der Waals surface area contributed by atoms with Gasteiger partial charge in [0.15, 0.2) is 0 Å². The summed E-state index contributed by atoms with van der Waals surface area (Å²) in [4.78, 5) is 0. The van der Waals surface area contributed by atoms with E-state index in [9.17, 15) is 0 Å². The molecule has 0 spiro atoms. The fraction of sp³-hybridized carbons (Fsp3) is 0.529. The van der Waals surface area contributed by atoms with E-state index in [0.29, 0.717) is 11.5 Å². The number of fused-ring (bicyclic) bond motifs is 1. The first kappa shape index (κ1) is 12.7. The Morgan fingerprint density at radius 1 is 1.37 bits per heavy atom. The fourth-order valence-electron chi connectivity index (χ4n) is 2.84. The van der Waals surface area contributed by atoms with E-state index in [1.165, 1.54) is 23.8 Å². The fourth-order valence-corrected chi connectivity index (χ4v) is 2.84. The summed E-state index contributed by atoms with van der Waals surface area (Å²) in [5.41, 5.74) is 2.65. The third-order valence-electron chi connectivity index (χ3n) is 4.38. The van der Waals surface area contributed by atoms with Crippen LogP contribution in [0.25, 0.3) is 11.0 Å². The van der Waals surface area contributed by atoms with Crippen molar-refractivity contribution in [3.63, 3.8) is 0 Å². The molecule has 1 aromatic carbocycles. The van der Waals surface area contributed by atoms with Gasteiger partial charge in [0.1, 0.15) is 11.3 Å². The van der Waals surface area contributed by atoms with Crippen molar-refractivity contribution in [3.05, 3.63) is 35.6 Å². The van der Waals surface area contributed by atoms with Gasteiger partial charge < -0.3 is 9.73 Å². The van der Waals surface area contributed by atoms with Gasteiger partial charge in [-0.3, -0.25) is 0 Å². The Hall–Kier alpha value is -1.28. The molecule has 1 N–H and O–H groups in total. The molecule has 1 unspecified atom stereocenters. The van der Waals surface area contributed by atoms with Crippen LogP contribution >= 0.6 is 0 Å². The maximum absolute atomic E-state index is 6.16. The minimum Gasteiger partial charge on any atom is -0.459 e. The van der Waals surface area contributed by atoms with E-state index in [-0.39, 0.29) is 0 Å². The van der Waals surface area contributed by atoms with Crippen molar-refractivity contribution in [1.29, 1.82) is 0 Å². The van der Waals surface area contributed by atoms with Gasteiger partial charge in [-0.05, 0) is 49.8 Å². The van der Waals surface area contributed by atoms with Crippen molar-refractivity contribution >= 4 is 11.0 Å². The molecule has 1 heterocycles. The van der Waals surface area contributed by atoms with Crippen molar-refractivity contribution in [1.82, 2.24) is 5.32 Å². The lowest BCUT2D eigenvalue weighted by atomic mass is 9.96. The number of aryl methyl sites for hydroxylation is 1. The molecule has 0 amide bonds. The maximum atomic E-state index is 6.16. The molecule has 1 fully saturated rings. The van der Waals surface area contributed by atoms with Gasteiger partial charge in [-0.1, -0.05) is 32.0 Å². The molecule has 0 radical (unpaired) electrons. The largest absolute Gasteiger partial charge is 0.459 e. The van der Waals surface area contributed by atoms with E-state index in [1.54, 1.807) is 0 Å². The van der Waals surface area contributed by atoms with Crippen molar-refractivity contribution in [2.24, 2.45) is 5.41 Å². The molecule has 1 aliphatic rings. The number of rotatable bonds is 5. The third-order valence-corrected chi connectivity index (χ3v) is 4.38. The first-order chi connectivity index (χ1) is 9.14. The Morgan fingerprint density at radius 3 is 2.79 bits per heavy atom. The molecule has 1 atom stereocenters. The number of benzene rings is 1. The zero-order chi connectivity index (χ0) is 13.5. The minimum atomic E-state index is 0.360. The van der Waals surface area contributed by atoms with Gasteiger partial charge in [0.25, 0.3) is 0 Å². The normalized spacial score (nSPS) is 18.7. The molecule has 2 aromatic rings. The van der Waals surface area contributed by atoms with Crippen molar-refractivity contribution in [3.8, 4) is 0 Å². The molecule has 2 heteroatoms. The highest BCUT2D eigenvalue weighted by molar-refractivity contribution is 5.81. The molecule has 1 aliphatic carbocycles. The highest BCUT2D eigenvalue weighted by Gasteiger charge is 2.46. The van der Waals surface area contributed by atoms with Crippen LogP contribution in [0.4, 0.5) is 0 Å². The average Bonchev–Trinajstić information content (AvgIpc) is 2.98. The predicted molar refractivity (Wildman–Crippen MR) is 79.3 cm³/mol. The minimum absolute atomic E-state index is 0.360. The highest BCUT2D eigenvalue weighted by atomic mass is 16.3. The van der Waals surface area contributed by atoms with Gasteiger partial charge in [0.05, 0.1) is 6.04 Å². The number of hydrogen-bond acceptors (Lipinski definition) is 2. The van der Waals surface area contributed by atoms with Crippen LogP contribution in [0.3, 0.4) is 0 Å². The molecule has 1 saturated carbocycles. The monoisotopic (exact) mass is 257 g/mol. The average molecular weight is 257 g/mol. The SMILES string of the molecule is CCCNC(c1cc2cccc(C)c2o1)C1(C)CC1. The zero-order valence-electron chi connectivity index (χ0n) is 12.1. The van der Waals surface area contributed by atoms with Gasteiger partial charge in [0.2, 0.25) is 0 Å². The molecule has 2 nitrogen and oxygen atoms in total. The second kappa shape index (κ2) is 4.68. The quantitative estimate of drug-likeness (QED) is 0.848. The van der Waals surface area contributed by atoms with E-state index in [4.69, 9.17) is 4.42 Å². The smallest absolute Gasteiger partial charge is 0.137 e. The Bertz CT molecular complexity index is 580. The van der Waals surface area contributed by atoms with Crippen LogP contribution in [-0.4, -0.2) is 6.54 Å². The first-order valence-electron chi connectivity index (χ1n) is 7.36. The Labute approximate surface area is 115 Å². The van der Waals surface area contributed by atoms with E-state index < -0.39 is 0 Å². The summed E-state index contributed by atoms with van der Waals surface area (Å²) in [7, 11) is 0. The van der Waals surface area contributed by atoms with Crippen LogP contribution in [0, 0.1) is 12.3 Å². The second-order valence-corrected chi connectivity index (χ2v) is 6.18. The summed E-state index contributed by atoms with van der Waals surface area (Å²) in [5, 5.41) is 4.90. The zero-order valence-corrected chi connectivity index (χ0v) is 12.1. The van der Waals surface area contributed by atoms with Crippen LogP contribution in [-0.2, 0) is 0 Å².